The van der Waals surface area contributed by atoms with Crippen molar-refractivity contribution in [2.45, 2.75) is 46.1 Å². The molecule has 2 heterocycles. The van der Waals surface area contributed by atoms with Crippen LogP contribution in [0.15, 0.2) is 4.52 Å². The van der Waals surface area contributed by atoms with Gasteiger partial charge in [0.2, 0.25) is 5.91 Å². The third-order valence-electron chi connectivity index (χ3n) is 4.23. The topological polar surface area (TPSA) is 58.4 Å². The van der Waals surface area contributed by atoms with E-state index in [0.717, 1.165) is 36.5 Å². The predicted octanol–water partition coefficient (Wildman–Crippen LogP) is 2.03. The molecule has 0 saturated carbocycles. The van der Waals surface area contributed by atoms with Crippen LogP contribution in [0.5, 0.6) is 0 Å². The number of carbonyl (C=O) groups is 1. The van der Waals surface area contributed by atoms with E-state index >= 15 is 0 Å². The molecule has 20 heavy (non-hydrogen) atoms. The molecular formula is C15H25N3O2. The summed E-state index contributed by atoms with van der Waals surface area (Å²) in [5.74, 6) is 1.72. The number of hydrogen-bond acceptors (Lipinski definition) is 4. The third kappa shape index (κ3) is 3.82. The second-order valence-corrected chi connectivity index (χ2v) is 5.78. The second-order valence-electron chi connectivity index (χ2n) is 5.78. The van der Waals surface area contributed by atoms with Gasteiger partial charge in [0.1, 0.15) is 5.76 Å². The molecule has 1 fully saturated rings. The summed E-state index contributed by atoms with van der Waals surface area (Å²) in [7, 11) is 1.86. The number of carbonyl (C=O) groups excluding carboxylic acids is 1. The lowest BCUT2D eigenvalue weighted by Gasteiger charge is -2.23. The molecule has 1 aromatic heterocycles. The van der Waals surface area contributed by atoms with Crippen LogP contribution in [-0.4, -0.2) is 36.1 Å². The van der Waals surface area contributed by atoms with Gasteiger partial charge in [0, 0.05) is 19.0 Å². The lowest BCUT2D eigenvalue weighted by molar-refractivity contribution is -0.130. The Balaban J connectivity index is 1.79. The molecule has 1 aliphatic rings. The highest BCUT2D eigenvalue weighted by Crippen LogP contribution is 2.19. The molecule has 0 spiro atoms. The van der Waals surface area contributed by atoms with E-state index in [1.807, 2.05) is 20.9 Å². The van der Waals surface area contributed by atoms with Gasteiger partial charge >= 0.3 is 0 Å². The van der Waals surface area contributed by atoms with E-state index < -0.39 is 0 Å². The van der Waals surface area contributed by atoms with Crippen LogP contribution in [0.2, 0.25) is 0 Å². The molecule has 1 N–H and O–H groups in total. The Morgan fingerprint density at radius 2 is 2.10 bits per heavy atom. The van der Waals surface area contributed by atoms with Gasteiger partial charge in [0.25, 0.3) is 0 Å². The van der Waals surface area contributed by atoms with E-state index in [1.54, 1.807) is 4.90 Å². The SMILES string of the molecule is Cc1noc(C)c1CN(C)C(=O)CCC1CCNCC1. The van der Waals surface area contributed by atoms with E-state index in [4.69, 9.17) is 4.52 Å². The van der Waals surface area contributed by atoms with Crippen molar-refractivity contribution in [2.75, 3.05) is 20.1 Å². The zero-order valence-electron chi connectivity index (χ0n) is 12.7. The molecule has 0 unspecified atom stereocenters. The first-order valence-corrected chi connectivity index (χ1v) is 7.44. The second kappa shape index (κ2) is 6.88. The monoisotopic (exact) mass is 279 g/mol. The predicted molar refractivity (Wildman–Crippen MR) is 77.3 cm³/mol. The van der Waals surface area contributed by atoms with Gasteiger partial charge in [0.05, 0.1) is 12.2 Å². The number of nitrogens with zero attached hydrogens (tertiary/aromatic N) is 2. The van der Waals surface area contributed by atoms with Gasteiger partial charge in [-0.2, -0.15) is 0 Å². The van der Waals surface area contributed by atoms with Crippen molar-refractivity contribution < 1.29 is 9.32 Å². The van der Waals surface area contributed by atoms with Crippen molar-refractivity contribution in [3.05, 3.63) is 17.0 Å². The largest absolute Gasteiger partial charge is 0.361 e. The molecule has 0 radical (unpaired) electrons. The van der Waals surface area contributed by atoms with Crippen molar-refractivity contribution >= 4 is 5.91 Å². The standard InChI is InChI=1S/C15H25N3O2/c1-11-14(12(2)20-17-11)10-18(3)15(19)5-4-13-6-8-16-9-7-13/h13,16H,4-10H2,1-3H3. The highest BCUT2D eigenvalue weighted by Gasteiger charge is 2.18. The molecule has 0 aromatic carbocycles. The summed E-state index contributed by atoms with van der Waals surface area (Å²) in [5.41, 5.74) is 1.91. The van der Waals surface area contributed by atoms with Gasteiger partial charge in [-0.15, -0.1) is 0 Å². The van der Waals surface area contributed by atoms with Crippen LogP contribution in [0.1, 0.15) is 42.7 Å². The maximum atomic E-state index is 12.2. The lowest BCUT2D eigenvalue weighted by atomic mass is 9.93. The van der Waals surface area contributed by atoms with Crippen LogP contribution in [0.3, 0.4) is 0 Å². The third-order valence-corrected chi connectivity index (χ3v) is 4.23. The minimum atomic E-state index is 0.212. The molecule has 2 rings (SSSR count). The molecule has 1 saturated heterocycles. The number of amides is 1. The van der Waals surface area contributed by atoms with E-state index in [-0.39, 0.29) is 5.91 Å². The van der Waals surface area contributed by atoms with Gasteiger partial charge in [0.15, 0.2) is 0 Å². The average molecular weight is 279 g/mol. The first-order valence-electron chi connectivity index (χ1n) is 7.44. The molecule has 1 aromatic rings. The van der Waals surface area contributed by atoms with Gasteiger partial charge < -0.3 is 14.7 Å². The molecule has 0 atom stereocenters. The van der Waals surface area contributed by atoms with Crippen LogP contribution >= 0.6 is 0 Å². The molecule has 112 valence electrons. The molecule has 5 heteroatoms. The summed E-state index contributed by atoms with van der Waals surface area (Å²) >= 11 is 0. The summed E-state index contributed by atoms with van der Waals surface area (Å²) in [6.45, 7) is 6.58. The zero-order chi connectivity index (χ0) is 14.5. The van der Waals surface area contributed by atoms with Crippen molar-refractivity contribution in [1.82, 2.24) is 15.4 Å². The van der Waals surface area contributed by atoms with Crippen molar-refractivity contribution in [2.24, 2.45) is 5.92 Å². The van der Waals surface area contributed by atoms with E-state index in [9.17, 15) is 4.79 Å². The maximum Gasteiger partial charge on any atom is 0.222 e. The van der Waals surface area contributed by atoms with Crippen LogP contribution in [0.4, 0.5) is 0 Å². The summed E-state index contributed by atoms with van der Waals surface area (Å²) in [6, 6.07) is 0. The van der Waals surface area contributed by atoms with E-state index in [1.165, 1.54) is 12.8 Å². The Morgan fingerprint density at radius 3 is 2.70 bits per heavy atom. The van der Waals surface area contributed by atoms with Crippen molar-refractivity contribution in [1.29, 1.82) is 0 Å². The first-order chi connectivity index (χ1) is 9.58. The molecule has 1 amide bonds. The Bertz CT molecular complexity index is 430. The van der Waals surface area contributed by atoms with Crippen molar-refractivity contribution in [3.63, 3.8) is 0 Å². The fourth-order valence-electron chi connectivity index (χ4n) is 2.74. The maximum absolute atomic E-state index is 12.2. The highest BCUT2D eigenvalue weighted by atomic mass is 16.5. The molecule has 0 aliphatic carbocycles. The number of rotatable bonds is 5. The number of hydrogen-bond donors (Lipinski definition) is 1. The van der Waals surface area contributed by atoms with Gasteiger partial charge in [-0.1, -0.05) is 5.16 Å². The van der Waals surface area contributed by atoms with Crippen molar-refractivity contribution in [3.8, 4) is 0 Å². The lowest BCUT2D eigenvalue weighted by Crippen LogP contribution is -2.30. The van der Waals surface area contributed by atoms with E-state index in [0.29, 0.717) is 18.9 Å². The summed E-state index contributed by atoms with van der Waals surface area (Å²) in [4.78, 5) is 14.0. The minimum Gasteiger partial charge on any atom is -0.361 e. The van der Waals surface area contributed by atoms with E-state index in [2.05, 4.69) is 10.5 Å². The molecular weight excluding hydrogens is 254 g/mol. The van der Waals surface area contributed by atoms with Gasteiger partial charge in [-0.05, 0) is 52.1 Å². The average Bonchev–Trinajstić information content (AvgIpc) is 2.77. The number of aryl methyl sites for hydroxylation is 2. The normalized spacial score (nSPS) is 16.4. The smallest absolute Gasteiger partial charge is 0.222 e. The van der Waals surface area contributed by atoms with Crippen LogP contribution in [0.25, 0.3) is 0 Å². The Labute approximate surface area is 120 Å². The summed E-state index contributed by atoms with van der Waals surface area (Å²) in [6.07, 6.45) is 4.04. The fraction of sp³-hybridized carbons (Fsp3) is 0.733. The fourth-order valence-corrected chi connectivity index (χ4v) is 2.74. The highest BCUT2D eigenvalue weighted by molar-refractivity contribution is 5.75. The van der Waals surface area contributed by atoms with Crippen LogP contribution in [0, 0.1) is 19.8 Å². The quantitative estimate of drug-likeness (QED) is 0.896. The van der Waals surface area contributed by atoms with Crippen LogP contribution in [-0.2, 0) is 11.3 Å². The molecule has 0 bridgehead atoms. The Hall–Kier alpha value is -1.36. The number of aromatic nitrogens is 1. The number of piperidine rings is 1. The number of nitrogens with one attached hydrogen (secondary N) is 1. The van der Waals surface area contributed by atoms with Crippen LogP contribution < -0.4 is 5.32 Å². The minimum absolute atomic E-state index is 0.212. The Kier molecular flexibility index (Phi) is 5.17. The van der Waals surface area contributed by atoms with Gasteiger partial charge in [-0.3, -0.25) is 4.79 Å². The summed E-state index contributed by atoms with van der Waals surface area (Å²) in [5, 5.41) is 7.28. The molecule has 5 nitrogen and oxygen atoms in total. The molecule has 1 aliphatic heterocycles. The Morgan fingerprint density at radius 1 is 1.40 bits per heavy atom. The first kappa shape index (κ1) is 15.0. The van der Waals surface area contributed by atoms with Gasteiger partial charge in [-0.25, -0.2) is 0 Å². The zero-order valence-corrected chi connectivity index (χ0v) is 12.7. The summed E-state index contributed by atoms with van der Waals surface area (Å²) < 4.78 is 5.14.